The second kappa shape index (κ2) is 12.4. The molecule has 4 rings (SSSR count). The standard InChI is InChI=1S/C27H25F3N4O6/c28-27(29,30)40-21-6-3-5-20(15-21)39-19-9-12-34(13-10-19)26(38)33-23-14-17(7-8-22(23)25(36)37)24(35)32-16-18-4-1-2-11-31-18/h1-8,11,14-15,19H,9-10,12-13,16H2,(H,32,35)(H,33,38)(H,36,37). The van der Waals surface area contributed by atoms with Gasteiger partial charge in [0.1, 0.15) is 17.6 Å². The molecule has 1 saturated heterocycles. The third-order valence-electron chi connectivity index (χ3n) is 5.98. The number of carbonyl (C=O) groups is 3. The molecule has 1 fully saturated rings. The Morgan fingerprint density at radius 3 is 2.42 bits per heavy atom. The molecule has 0 spiro atoms. The normalized spacial score (nSPS) is 13.8. The van der Waals surface area contributed by atoms with Crippen molar-refractivity contribution in [3.8, 4) is 11.5 Å². The van der Waals surface area contributed by atoms with Gasteiger partial charge in [-0.3, -0.25) is 9.78 Å². The SMILES string of the molecule is O=C(NCc1ccccn1)c1ccc(C(=O)O)c(NC(=O)N2CCC(Oc3cccc(OC(F)(F)F)c3)CC2)c1. The zero-order valence-corrected chi connectivity index (χ0v) is 21.0. The van der Waals surface area contributed by atoms with E-state index in [0.717, 1.165) is 12.1 Å². The summed E-state index contributed by atoms with van der Waals surface area (Å²) in [5, 5.41) is 14.8. The van der Waals surface area contributed by atoms with Gasteiger partial charge in [-0.15, -0.1) is 13.2 Å². The summed E-state index contributed by atoms with van der Waals surface area (Å²) in [6.07, 6.45) is -2.80. The fourth-order valence-electron chi connectivity index (χ4n) is 4.06. The summed E-state index contributed by atoms with van der Waals surface area (Å²) in [5.41, 5.74) is 0.568. The number of aromatic nitrogens is 1. The van der Waals surface area contributed by atoms with Crippen molar-refractivity contribution in [1.29, 1.82) is 0 Å². The summed E-state index contributed by atoms with van der Waals surface area (Å²) in [6, 6.07) is 13.8. The summed E-state index contributed by atoms with van der Waals surface area (Å²) >= 11 is 0. The van der Waals surface area contributed by atoms with E-state index in [1.54, 1.807) is 24.4 Å². The van der Waals surface area contributed by atoms with Crippen molar-refractivity contribution in [3.63, 3.8) is 0 Å². The number of hydrogen-bond acceptors (Lipinski definition) is 6. The first-order valence-electron chi connectivity index (χ1n) is 12.2. The topological polar surface area (TPSA) is 130 Å². The summed E-state index contributed by atoms with van der Waals surface area (Å²) in [5.74, 6) is -1.95. The number of urea groups is 1. The van der Waals surface area contributed by atoms with Crippen molar-refractivity contribution in [3.05, 3.63) is 83.7 Å². The number of aromatic carboxylic acids is 1. The van der Waals surface area contributed by atoms with Crippen molar-refractivity contribution in [2.75, 3.05) is 18.4 Å². The highest BCUT2D eigenvalue weighted by molar-refractivity contribution is 6.03. The van der Waals surface area contributed by atoms with Gasteiger partial charge in [-0.05, 0) is 42.5 Å². The van der Waals surface area contributed by atoms with E-state index in [2.05, 4.69) is 20.4 Å². The first kappa shape index (κ1) is 28.2. The Morgan fingerprint density at radius 1 is 1.00 bits per heavy atom. The van der Waals surface area contributed by atoms with E-state index in [4.69, 9.17) is 4.74 Å². The number of hydrogen-bond donors (Lipinski definition) is 3. The molecule has 3 amide bonds. The molecule has 10 nitrogen and oxygen atoms in total. The zero-order valence-electron chi connectivity index (χ0n) is 21.0. The summed E-state index contributed by atoms with van der Waals surface area (Å²) in [7, 11) is 0. The number of pyridine rings is 1. The number of halogens is 3. The highest BCUT2D eigenvalue weighted by atomic mass is 19.4. The molecule has 0 bridgehead atoms. The number of nitrogens with one attached hydrogen (secondary N) is 2. The molecule has 1 aliphatic rings. The fraction of sp³-hybridized carbons (Fsp3) is 0.259. The van der Waals surface area contributed by atoms with Crippen LogP contribution in [0.5, 0.6) is 11.5 Å². The van der Waals surface area contributed by atoms with Gasteiger partial charge in [0.15, 0.2) is 0 Å². The van der Waals surface area contributed by atoms with Crippen LogP contribution in [0.15, 0.2) is 66.9 Å². The number of carbonyl (C=O) groups excluding carboxylic acids is 2. The van der Waals surface area contributed by atoms with Crippen LogP contribution in [0.4, 0.5) is 23.7 Å². The number of rotatable bonds is 8. The molecular formula is C27H25F3N4O6. The third-order valence-corrected chi connectivity index (χ3v) is 5.98. The van der Waals surface area contributed by atoms with Gasteiger partial charge in [-0.1, -0.05) is 12.1 Å². The Bertz CT molecular complexity index is 1360. The number of carboxylic acid groups (broad SMARTS) is 1. The quantitative estimate of drug-likeness (QED) is 0.366. The fourth-order valence-corrected chi connectivity index (χ4v) is 4.06. The van der Waals surface area contributed by atoms with Crippen LogP contribution in [-0.2, 0) is 6.54 Å². The minimum atomic E-state index is -4.82. The number of carboxylic acids is 1. The van der Waals surface area contributed by atoms with E-state index in [9.17, 15) is 32.7 Å². The van der Waals surface area contributed by atoms with Crippen molar-refractivity contribution < 1.29 is 42.1 Å². The number of piperidine rings is 1. The number of likely N-dealkylation sites (tertiary alicyclic amines) is 1. The lowest BCUT2D eigenvalue weighted by Crippen LogP contribution is -2.44. The molecule has 2 heterocycles. The van der Waals surface area contributed by atoms with E-state index >= 15 is 0 Å². The molecule has 0 saturated carbocycles. The molecular weight excluding hydrogens is 533 g/mol. The Labute approximate surface area is 226 Å². The van der Waals surface area contributed by atoms with Crippen LogP contribution in [0.1, 0.15) is 39.3 Å². The predicted octanol–water partition coefficient (Wildman–Crippen LogP) is 4.68. The van der Waals surface area contributed by atoms with Crippen LogP contribution in [0.3, 0.4) is 0 Å². The average molecular weight is 559 g/mol. The van der Waals surface area contributed by atoms with E-state index in [0.29, 0.717) is 18.5 Å². The molecule has 0 unspecified atom stereocenters. The number of amides is 3. The maximum atomic E-state index is 12.9. The van der Waals surface area contributed by atoms with Gasteiger partial charge >= 0.3 is 18.4 Å². The Morgan fingerprint density at radius 2 is 1.75 bits per heavy atom. The molecule has 0 atom stereocenters. The molecule has 210 valence electrons. The molecule has 1 aromatic heterocycles. The largest absolute Gasteiger partial charge is 0.573 e. The van der Waals surface area contributed by atoms with Crippen LogP contribution in [0, 0.1) is 0 Å². The molecule has 0 radical (unpaired) electrons. The van der Waals surface area contributed by atoms with Gasteiger partial charge in [0, 0.05) is 43.8 Å². The van der Waals surface area contributed by atoms with Gasteiger partial charge < -0.3 is 30.1 Å². The van der Waals surface area contributed by atoms with Crippen LogP contribution in [0.25, 0.3) is 0 Å². The first-order chi connectivity index (χ1) is 19.1. The predicted molar refractivity (Wildman–Crippen MR) is 136 cm³/mol. The smallest absolute Gasteiger partial charge is 0.490 e. The highest BCUT2D eigenvalue weighted by Crippen LogP contribution is 2.28. The van der Waals surface area contributed by atoms with Gasteiger partial charge in [0.05, 0.1) is 23.5 Å². The maximum absolute atomic E-state index is 12.9. The monoisotopic (exact) mass is 558 g/mol. The van der Waals surface area contributed by atoms with Gasteiger partial charge in [0.25, 0.3) is 5.91 Å². The molecule has 3 aromatic rings. The van der Waals surface area contributed by atoms with Gasteiger partial charge in [-0.25, -0.2) is 9.59 Å². The molecule has 1 aliphatic heterocycles. The summed E-state index contributed by atoms with van der Waals surface area (Å²) in [4.78, 5) is 42.9. The number of alkyl halides is 3. The molecule has 2 aromatic carbocycles. The Hall–Kier alpha value is -4.81. The number of benzene rings is 2. The Balaban J connectivity index is 1.34. The number of anilines is 1. The minimum Gasteiger partial charge on any atom is -0.490 e. The van der Waals surface area contributed by atoms with E-state index in [-0.39, 0.29) is 48.3 Å². The molecule has 40 heavy (non-hydrogen) atoms. The second-order valence-electron chi connectivity index (χ2n) is 8.83. The summed E-state index contributed by atoms with van der Waals surface area (Å²) < 4.78 is 47.1. The van der Waals surface area contributed by atoms with Gasteiger partial charge in [-0.2, -0.15) is 0 Å². The highest BCUT2D eigenvalue weighted by Gasteiger charge is 2.31. The van der Waals surface area contributed by atoms with Crippen molar-refractivity contribution in [1.82, 2.24) is 15.2 Å². The van der Waals surface area contributed by atoms with Crippen molar-refractivity contribution >= 4 is 23.6 Å². The lowest BCUT2D eigenvalue weighted by molar-refractivity contribution is -0.274. The maximum Gasteiger partial charge on any atom is 0.573 e. The van der Waals surface area contributed by atoms with Crippen LogP contribution >= 0.6 is 0 Å². The summed E-state index contributed by atoms with van der Waals surface area (Å²) in [6.45, 7) is 0.669. The van der Waals surface area contributed by atoms with Crippen LogP contribution in [-0.4, -0.2) is 58.5 Å². The third kappa shape index (κ3) is 7.85. The molecule has 3 N–H and O–H groups in total. The zero-order chi connectivity index (χ0) is 28.7. The van der Waals surface area contributed by atoms with Crippen LogP contribution < -0.4 is 20.1 Å². The van der Waals surface area contributed by atoms with E-state index in [1.165, 1.54) is 35.2 Å². The number of ether oxygens (including phenoxy) is 2. The number of nitrogens with zero attached hydrogens (tertiary/aromatic N) is 2. The second-order valence-corrected chi connectivity index (χ2v) is 8.83. The lowest BCUT2D eigenvalue weighted by Gasteiger charge is -2.32. The van der Waals surface area contributed by atoms with Crippen LogP contribution in [0.2, 0.25) is 0 Å². The minimum absolute atomic E-state index is 0.0390. The van der Waals surface area contributed by atoms with Gasteiger partial charge in [0.2, 0.25) is 0 Å². The first-order valence-corrected chi connectivity index (χ1v) is 12.2. The molecule has 0 aliphatic carbocycles. The van der Waals surface area contributed by atoms with Crippen molar-refractivity contribution in [2.45, 2.75) is 31.9 Å². The average Bonchev–Trinajstić information content (AvgIpc) is 2.91. The Kier molecular flexibility index (Phi) is 8.72. The van der Waals surface area contributed by atoms with E-state index < -0.39 is 30.0 Å². The lowest BCUT2D eigenvalue weighted by atomic mass is 10.1. The van der Waals surface area contributed by atoms with Crippen molar-refractivity contribution in [2.24, 2.45) is 0 Å². The molecule has 13 heteroatoms. The van der Waals surface area contributed by atoms with E-state index in [1.807, 2.05) is 0 Å².